The lowest BCUT2D eigenvalue weighted by Crippen LogP contribution is -2.50. The fourth-order valence-electron chi connectivity index (χ4n) is 4.40. The molecule has 0 radical (unpaired) electrons. The Morgan fingerprint density at radius 1 is 0.943 bits per heavy atom. The van der Waals surface area contributed by atoms with Crippen LogP contribution in [0.1, 0.15) is 44.4 Å². The predicted octanol–water partition coefficient (Wildman–Crippen LogP) is 7.34. The van der Waals surface area contributed by atoms with Gasteiger partial charge in [-0.05, 0) is 57.6 Å². The smallest absolute Gasteiger partial charge is 0.330 e. The fourth-order valence-corrected chi connectivity index (χ4v) is 8.54. The van der Waals surface area contributed by atoms with Gasteiger partial charge in [0.2, 0.25) is 0 Å². The molecule has 0 atom stereocenters. The summed E-state index contributed by atoms with van der Waals surface area (Å²) in [6.07, 6.45) is 3.15. The number of carbonyl (C=O) groups is 1. The summed E-state index contributed by atoms with van der Waals surface area (Å²) in [4.78, 5) is 11.4. The van der Waals surface area contributed by atoms with Crippen molar-refractivity contribution in [2.24, 2.45) is 0 Å². The Kier molecular flexibility index (Phi) is 8.67. The van der Waals surface area contributed by atoms with E-state index >= 15 is 0 Å². The van der Waals surface area contributed by atoms with E-state index in [1.54, 1.807) is 6.08 Å². The van der Waals surface area contributed by atoms with Gasteiger partial charge in [0.15, 0.2) is 0 Å². The fraction of sp³-hybridized carbons (Fsp3) is 0.267. The first-order valence-electron chi connectivity index (χ1n) is 11.9. The van der Waals surface area contributed by atoms with Crippen LogP contribution in [0.15, 0.2) is 78.9 Å². The molecule has 3 aromatic rings. The summed E-state index contributed by atoms with van der Waals surface area (Å²) in [6, 6.07) is 27.3. The molecule has 0 unspecified atom stereocenters. The largest absolute Gasteiger partial charge is 0.543 e. The molecule has 3 rings (SSSR count). The number of benzene rings is 3. The van der Waals surface area contributed by atoms with Gasteiger partial charge in [-0.1, -0.05) is 82.3 Å². The highest BCUT2D eigenvalue weighted by atomic mass is 28.4. The first kappa shape index (κ1) is 26.0. The van der Waals surface area contributed by atoms with Crippen molar-refractivity contribution in [1.82, 2.24) is 0 Å². The van der Waals surface area contributed by atoms with E-state index in [-0.39, 0.29) is 5.97 Å². The zero-order valence-corrected chi connectivity index (χ0v) is 22.1. The van der Waals surface area contributed by atoms with Crippen LogP contribution in [0.25, 0.3) is 17.2 Å². The van der Waals surface area contributed by atoms with Crippen molar-refractivity contribution < 1.29 is 14.0 Å². The van der Waals surface area contributed by atoms with Crippen molar-refractivity contribution in [3.8, 4) is 22.9 Å². The van der Waals surface area contributed by atoms with Crippen molar-refractivity contribution in [3.63, 3.8) is 0 Å². The first-order chi connectivity index (χ1) is 16.8. The number of methoxy groups -OCH3 is 1. The Morgan fingerprint density at radius 2 is 1.57 bits per heavy atom. The standard InChI is InChI=1S/C30H33NO3Si/c1-22(2)35(23(3)4,34-28-17-12-24(13-18-28)14-19-30(32)33-5)21-25-10-15-26(16-11-25)29-9-7-6-8-27(29)20-31/h6-19,22-23H,21H2,1-5H3/b19-14+. The molecule has 0 aliphatic heterocycles. The van der Waals surface area contributed by atoms with E-state index in [0.717, 1.165) is 28.5 Å². The minimum Gasteiger partial charge on any atom is -0.543 e. The zero-order valence-electron chi connectivity index (χ0n) is 21.1. The summed E-state index contributed by atoms with van der Waals surface area (Å²) < 4.78 is 11.5. The van der Waals surface area contributed by atoms with Gasteiger partial charge in [-0.3, -0.25) is 0 Å². The summed E-state index contributed by atoms with van der Waals surface area (Å²) in [6.45, 7) is 9.04. The third-order valence-electron chi connectivity index (χ3n) is 6.55. The molecule has 0 aromatic heterocycles. The number of nitrogens with zero attached hydrogens (tertiary/aromatic N) is 1. The highest BCUT2D eigenvalue weighted by Gasteiger charge is 2.44. The Morgan fingerprint density at radius 3 is 2.14 bits per heavy atom. The van der Waals surface area contributed by atoms with Crippen molar-refractivity contribution in [1.29, 1.82) is 5.26 Å². The Hall–Kier alpha value is -3.62. The minimum atomic E-state index is -2.25. The van der Waals surface area contributed by atoms with E-state index in [2.05, 4.69) is 62.8 Å². The average molecular weight is 484 g/mol. The molecule has 0 bridgehead atoms. The van der Waals surface area contributed by atoms with Crippen molar-refractivity contribution in [3.05, 3.63) is 95.6 Å². The van der Waals surface area contributed by atoms with Crippen molar-refractivity contribution in [2.45, 2.75) is 44.8 Å². The SMILES string of the molecule is COC(=O)/C=C/c1ccc(O[Si](Cc2ccc(-c3ccccc3C#N)cc2)(C(C)C)C(C)C)cc1. The van der Waals surface area contributed by atoms with Crippen LogP contribution in [0, 0.1) is 11.3 Å². The molecule has 0 spiro atoms. The van der Waals surface area contributed by atoms with Gasteiger partial charge in [0, 0.05) is 12.1 Å². The van der Waals surface area contributed by atoms with Crippen LogP contribution in [0.5, 0.6) is 5.75 Å². The van der Waals surface area contributed by atoms with E-state index in [0.29, 0.717) is 16.6 Å². The van der Waals surface area contributed by atoms with Gasteiger partial charge >= 0.3 is 5.97 Å². The maximum Gasteiger partial charge on any atom is 0.330 e. The Labute approximate surface area is 210 Å². The lowest BCUT2D eigenvalue weighted by molar-refractivity contribution is -0.134. The average Bonchev–Trinajstić information content (AvgIpc) is 2.87. The second-order valence-corrected chi connectivity index (χ2v) is 14.1. The number of ether oxygens (including phenoxy) is 1. The molecule has 0 aliphatic rings. The molecular weight excluding hydrogens is 450 g/mol. The van der Waals surface area contributed by atoms with Gasteiger partial charge in [-0.15, -0.1) is 0 Å². The lowest BCUT2D eigenvalue weighted by atomic mass is 10.00. The van der Waals surface area contributed by atoms with Gasteiger partial charge in [-0.25, -0.2) is 4.79 Å². The number of rotatable bonds is 9. The van der Waals surface area contributed by atoms with Crippen LogP contribution < -0.4 is 4.43 Å². The van der Waals surface area contributed by atoms with Crippen LogP contribution in [0.2, 0.25) is 11.1 Å². The van der Waals surface area contributed by atoms with E-state index in [4.69, 9.17) is 4.43 Å². The summed E-state index contributed by atoms with van der Waals surface area (Å²) in [5, 5.41) is 9.45. The van der Waals surface area contributed by atoms with Crippen LogP contribution in [0.4, 0.5) is 0 Å². The summed E-state index contributed by atoms with van der Waals surface area (Å²) in [7, 11) is -0.885. The van der Waals surface area contributed by atoms with Crippen LogP contribution in [-0.4, -0.2) is 21.4 Å². The van der Waals surface area contributed by atoms with Crippen LogP contribution in [0.3, 0.4) is 0 Å². The molecule has 0 saturated heterocycles. The van der Waals surface area contributed by atoms with Gasteiger partial charge < -0.3 is 9.16 Å². The summed E-state index contributed by atoms with van der Waals surface area (Å²) >= 11 is 0. The maximum atomic E-state index is 11.4. The zero-order chi connectivity index (χ0) is 25.4. The van der Waals surface area contributed by atoms with Crippen LogP contribution >= 0.6 is 0 Å². The topological polar surface area (TPSA) is 59.3 Å². The molecule has 3 aromatic carbocycles. The lowest BCUT2D eigenvalue weighted by Gasteiger charge is -2.39. The molecule has 0 fully saturated rings. The van der Waals surface area contributed by atoms with E-state index in [1.165, 1.54) is 18.7 Å². The number of esters is 1. The Balaban J connectivity index is 1.85. The minimum absolute atomic E-state index is 0.376. The van der Waals surface area contributed by atoms with Gasteiger partial charge in [0.05, 0.1) is 18.7 Å². The van der Waals surface area contributed by atoms with Crippen molar-refractivity contribution >= 4 is 20.4 Å². The third-order valence-corrected chi connectivity index (χ3v) is 12.0. The predicted molar refractivity (Wildman–Crippen MR) is 144 cm³/mol. The molecule has 180 valence electrons. The highest BCUT2D eigenvalue weighted by Crippen LogP contribution is 2.38. The van der Waals surface area contributed by atoms with Crippen molar-refractivity contribution in [2.75, 3.05) is 7.11 Å². The maximum absolute atomic E-state index is 11.4. The van der Waals surface area contributed by atoms with E-state index in [9.17, 15) is 10.1 Å². The highest BCUT2D eigenvalue weighted by molar-refractivity contribution is 6.76. The molecule has 0 aliphatic carbocycles. The normalized spacial score (nSPS) is 11.6. The Bertz CT molecular complexity index is 1200. The molecule has 4 nitrogen and oxygen atoms in total. The number of carbonyl (C=O) groups excluding carboxylic acids is 1. The second-order valence-electron chi connectivity index (χ2n) is 9.32. The van der Waals surface area contributed by atoms with Gasteiger partial charge in [0.1, 0.15) is 5.75 Å². The molecular formula is C30H33NO3Si. The number of hydrogen-bond acceptors (Lipinski definition) is 4. The molecule has 0 saturated carbocycles. The molecule has 5 heteroatoms. The summed E-state index contributed by atoms with van der Waals surface area (Å²) in [5.74, 6) is 0.479. The van der Waals surface area contributed by atoms with Gasteiger partial charge in [0.25, 0.3) is 8.32 Å². The number of nitriles is 1. The first-order valence-corrected chi connectivity index (χ1v) is 14.2. The summed E-state index contributed by atoms with van der Waals surface area (Å²) in [5.41, 5.74) is 5.65. The molecule has 35 heavy (non-hydrogen) atoms. The monoisotopic (exact) mass is 483 g/mol. The quantitative estimate of drug-likeness (QED) is 0.181. The van der Waals surface area contributed by atoms with E-state index in [1.807, 2.05) is 48.5 Å². The molecule has 0 amide bonds. The second kappa shape index (κ2) is 11.7. The van der Waals surface area contributed by atoms with Gasteiger partial charge in [-0.2, -0.15) is 5.26 Å². The van der Waals surface area contributed by atoms with E-state index < -0.39 is 8.32 Å². The number of hydrogen-bond donors (Lipinski definition) is 0. The van der Waals surface area contributed by atoms with Crippen LogP contribution in [-0.2, 0) is 15.6 Å². The molecule has 0 heterocycles. The third kappa shape index (κ3) is 6.29. The molecule has 0 N–H and O–H groups in total.